The van der Waals surface area contributed by atoms with Gasteiger partial charge in [-0.05, 0) is 30.5 Å². The largest absolute Gasteiger partial charge is 0.352 e. The van der Waals surface area contributed by atoms with E-state index in [4.69, 9.17) is 0 Å². The van der Waals surface area contributed by atoms with Gasteiger partial charge in [-0.1, -0.05) is 32.4 Å². The SMILES string of the molecule is CCCCNC(=O)c1ccc(CNC(=O)CNC(=O)CCC)cc1. The lowest BCUT2D eigenvalue weighted by molar-refractivity contribution is -0.126. The zero-order valence-corrected chi connectivity index (χ0v) is 14.5. The topological polar surface area (TPSA) is 87.3 Å². The Kier molecular flexibility index (Phi) is 9.19. The van der Waals surface area contributed by atoms with Gasteiger partial charge in [-0.15, -0.1) is 0 Å². The molecule has 1 aromatic rings. The van der Waals surface area contributed by atoms with Gasteiger partial charge in [0.1, 0.15) is 0 Å². The number of carbonyl (C=O) groups is 3. The van der Waals surface area contributed by atoms with Crippen molar-refractivity contribution in [1.29, 1.82) is 0 Å². The number of carbonyl (C=O) groups excluding carboxylic acids is 3. The summed E-state index contributed by atoms with van der Waals surface area (Å²) in [4.78, 5) is 34.8. The van der Waals surface area contributed by atoms with Crippen LogP contribution in [-0.4, -0.2) is 30.8 Å². The third-order valence-electron chi connectivity index (χ3n) is 3.44. The van der Waals surface area contributed by atoms with Crippen molar-refractivity contribution in [3.05, 3.63) is 35.4 Å². The Morgan fingerprint density at radius 2 is 1.58 bits per heavy atom. The number of hydrogen-bond donors (Lipinski definition) is 3. The molecular weight excluding hydrogens is 306 g/mol. The molecule has 24 heavy (non-hydrogen) atoms. The van der Waals surface area contributed by atoms with Crippen molar-refractivity contribution in [2.24, 2.45) is 0 Å². The summed E-state index contributed by atoms with van der Waals surface area (Å²) in [6.45, 7) is 5.01. The summed E-state index contributed by atoms with van der Waals surface area (Å²) in [5.74, 6) is -0.440. The highest BCUT2D eigenvalue weighted by molar-refractivity contribution is 5.94. The van der Waals surface area contributed by atoms with E-state index in [-0.39, 0.29) is 24.3 Å². The Hall–Kier alpha value is -2.37. The second-order valence-electron chi connectivity index (χ2n) is 5.61. The van der Waals surface area contributed by atoms with Gasteiger partial charge in [0, 0.05) is 25.1 Å². The van der Waals surface area contributed by atoms with E-state index in [9.17, 15) is 14.4 Å². The fourth-order valence-corrected chi connectivity index (χ4v) is 2.01. The van der Waals surface area contributed by atoms with Gasteiger partial charge in [-0.25, -0.2) is 0 Å². The van der Waals surface area contributed by atoms with Crippen molar-refractivity contribution < 1.29 is 14.4 Å². The van der Waals surface area contributed by atoms with E-state index in [1.54, 1.807) is 12.1 Å². The molecule has 0 bridgehead atoms. The molecule has 0 spiro atoms. The number of rotatable bonds is 10. The fourth-order valence-electron chi connectivity index (χ4n) is 2.01. The fraction of sp³-hybridized carbons (Fsp3) is 0.500. The van der Waals surface area contributed by atoms with Gasteiger partial charge in [-0.2, -0.15) is 0 Å². The molecule has 0 fully saturated rings. The Labute approximate surface area is 143 Å². The first-order valence-corrected chi connectivity index (χ1v) is 8.47. The second-order valence-corrected chi connectivity index (χ2v) is 5.61. The summed E-state index contributed by atoms with van der Waals surface area (Å²) in [5, 5.41) is 8.16. The first kappa shape index (κ1) is 19.7. The molecule has 3 N–H and O–H groups in total. The molecule has 0 unspecified atom stereocenters. The van der Waals surface area contributed by atoms with Crippen LogP contribution in [0.25, 0.3) is 0 Å². The van der Waals surface area contributed by atoms with E-state index in [1.807, 2.05) is 19.1 Å². The molecule has 0 saturated carbocycles. The molecule has 0 aliphatic rings. The molecule has 0 aliphatic heterocycles. The van der Waals surface area contributed by atoms with E-state index in [0.29, 0.717) is 25.1 Å². The standard InChI is InChI=1S/C18H27N3O3/c1-3-5-11-19-18(24)15-9-7-14(8-10-15)12-20-17(23)13-21-16(22)6-4-2/h7-10H,3-6,11-13H2,1-2H3,(H,19,24)(H,20,23)(H,21,22). The van der Waals surface area contributed by atoms with Crippen molar-refractivity contribution in [3.8, 4) is 0 Å². The third kappa shape index (κ3) is 7.76. The van der Waals surface area contributed by atoms with Crippen molar-refractivity contribution in [2.75, 3.05) is 13.1 Å². The van der Waals surface area contributed by atoms with Gasteiger partial charge in [0.15, 0.2) is 0 Å². The molecule has 1 rings (SSSR count). The Bertz CT molecular complexity index is 541. The number of benzene rings is 1. The van der Waals surface area contributed by atoms with Crippen LogP contribution in [0, 0.1) is 0 Å². The highest BCUT2D eigenvalue weighted by Crippen LogP contribution is 2.04. The van der Waals surface area contributed by atoms with Crippen LogP contribution in [0.4, 0.5) is 0 Å². The maximum absolute atomic E-state index is 11.9. The van der Waals surface area contributed by atoms with Crippen LogP contribution in [0.2, 0.25) is 0 Å². The highest BCUT2D eigenvalue weighted by atomic mass is 16.2. The molecule has 0 radical (unpaired) electrons. The minimum atomic E-state index is -0.235. The van der Waals surface area contributed by atoms with Crippen molar-refractivity contribution in [2.45, 2.75) is 46.1 Å². The summed E-state index contributed by atoms with van der Waals surface area (Å²) >= 11 is 0. The predicted molar refractivity (Wildman–Crippen MR) is 93.4 cm³/mol. The van der Waals surface area contributed by atoms with Crippen molar-refractivity contribution >= 4 is 17.7 Å². The normalized spacial score (nSPS) is 10.1. The van der Waals surface area contributed by atoms with Gasteiger partial charge in [0.05, 0.1) is 6.54 Å². The first-order valence-electron chi connectivity index (χ1n) is 8.47. The molecule has 1 aromatic carbocycles. The van der Waals surface area contributed by atoms with E-state index in [1.165, 1.54) is 0 Å². The Morgan fingerprint density at radius 1 is 0.875 bits per heavy atom. The maximum Gasteiger partial charge on any atom is 0.251 e. The van der Waals surface area contributed by atoms with E-state index >= 15 is 0 Å². The van der Waals surface area contributed by atoms with Crippen LogP contribution in [0.5, 0.6) is 0 Å². The number of amides is 3. The van der Waals surface area contributed by atoms with E-state index in [0.717, 1.165) is 24.8 Å². The molecule has 0 saturated heterocycles. The molecular formula is C18H27N3O3. The van der Waals surface area contributed by atoms with Crippen LogP contribution in [0.3, 0.4) is 0 Å². The van der Waals surface area contributed by atoms with Crippen molar-refractivity contribution in [3.63, 3.8) is 0 Å². The number of hydrogen-bond acceptors (Lipinski definition) is 3. The molecule has 3 amide bonds. The summed E-state index contributed by atoms with van der Waals surface area (Å²) in [5.41, 5.74) is 1.50. The summed E-state index contributed by atoms with van der Waals surface area (Å²) < 4.78 is 0. The molecule has 6 nitrogen and oxygen atoms in total. The Morgan fingerprint density at radius 3 is 2.21 bits per heavy atom. The monoisotopic (exact) mass is 333 g/mol. The van der Waals surface area contributed by atoms with Gasteiger partial charge in [0.25, 0.3) is 5.91 Å². The van der Waals surface area contributed by atoms with Crippen LogP contribution >= 0.6 is 0 Å². The molecule has 132 valence electrons. The Balaban J connectivity index is 2.35. The van der Waals surface area contributed by atoms with Crippen LogP contribution in [0.15, 0.2) is 24.3 Å². The summed E-state index contributed by atoms with van der Waals surface area (Å²) in [6.07, 6.45) is 3.18. The molecule has 0 heterocycles. The van der Waals surface area contributed by atoms with Crippen LogP contribution in [0.1, 0.15) is 55.5 Å². The smallest absolute Gasteiger partial charge is 0.251 e. The van der Waals surface area contributed by atoms with Gasteiger partial charge >= 0.3 is 0 Å². The lowest BCUT2D eigenvalue weighted by atomic mass is 10.1. The quantitative estimate of drug-likeness (QED) is 0.570. The number of nitrogens with one attached hydrogen (secondary N) is 3. The van der Waals surface area contributed by atoms with Crippen molar-refractivity contribution in [1.82, 2.24) is 16.0 Å². The minimum Gasteiger partial charge on any atom is -0.352 e. The molecule has 0 aromatic heterocycles. The highest BCUT2D eigenvalue weighted by Gasteiger charge is 2.06. The van der Waals surface area contributed by atoms with Crippen LogP contribution in [-0.2, 0) is 16.1 Å². The summed E-state index contributed by atoms with van der Waals surface area (Å²) in [6, 6.07) is 7.10. The number of unbranched alkanes of at least 4 members (excludes halogenated alkanes) is 1. The average molecular weight is 333 g/mol. The lowest BCUT2D eigenvalue weighted by Crippen LogP contribution is -2.36. The van der Waals surface area contributed by atoms with Gasteiger partial charge in [-0.3, -0.25) is 14.4 Å². The second kappa shape index (κ2) is 11.2. The van der Waals surface area contributed by atoms with Gasteiger partial charge < -0.3 is 16.0 Å². The average Bonchev–Trinajstić information content (AvgIpc) is 2.59. The third-order valence-corrected chi connectivity index (χ3v) is 3.44. The zero-order chi connectivity index (χ0) is 17.8. The molecule has 0 atom stereocenters. The summed E-state index contributed by atoms with van der Waals surface area (Å²) in [7, 11) is 0. The maximum atomic E-state index is 11.9. The minimum absolute atomic E-state index is 0.0171. The molecule has 0 aliphatic carbocycles. The zero-order valence-electron chi connectivity index (χ0n) is 14.5. The first-order chi connectivity index (χ1) is 11.6. The van der Waals surface area contributed by atoms with Crippen LogP contribution < -0.4 is 16.0 Å². The van der Waals surface area contributed by atoms with E-state index < -0.39 is 0 Å². The van der Waals surface area contributed by atoms with E-state index in [2.05, 4.69) is 22.9 Å². The predicted octanol–water partition coefficient (Wildman–Crippen LogP) is 1.75. The lowest BCUT2D eigenvalue weighted by Gasteiger charge is -2.08. The van der Waals surface area contributed by atoms with Gasteiger partial charge in [0.2, 0.25) is 11.8 Å². The molecule has 6 heteroatoms.